The Bertz CT molecular complexity index is 541. The first-order valence-corrected chi connectivity index (χ1v) is 7.73. The van der Waals surface area contributed by atoms with Crippen LogP contribution in [0.4, 0.5) is 11.4 Å². The van der Waals surface area contributed by atoms with Gasteiger partial charge in [0.2, 0.25) is 0 Å². The van der Waals surface area contributed by atoms with Gasteiger partial charge >= 0.3 is 0 Å². The molecule has 0 aliphatic carbocycles. The second-order valence-electron chi connectivity index (χ2n) is 5.80. The Morgan fingerprint density at radius 1 is 0.952 bits per heavy atom. The molecule has 1 N–H and O–H groups in total. The van der Waals surface area contributed by atoms with Crippen LogP contribution in [0.2, 0.25) is 0 Å². The molecule has 2 nitrogen and oxygen atoms in total. The third-order valence-corrected chi connectivity index (χ3v) is 3.79. The summed E-state index contributed by atoms with van der Waals surface area (Å²) in [5.74, 6) is 0. The highest BCUT2D eigenvalue weighted by Crippen LogP contribution is 2.22. The van der Waals surface area contributed by atoms with Crippen molar-refractivity contribution in [3.63, 3.8) is 0 Å². The lowest BCUT2D eigenvalue weighted by Crippen LogP contribution is -2.10. The largest absolute Gasteiger partial charge is 0.379 e. The van der Waals surface area contributed by atoms with Gasteiger partial charge in [0.25, 0.3) is 0 Å². The van der Waals surface area contributed by atoms with Gasteiger partial charge in [0, 0.05) is 31.5 Å². The molecule has 0 aromatic heterocycles. The summed E-state index contributed by atoms with van der Waals surface area (Å²) in [6.45, 7) is 4.41. The Morgan fingerprint density at radius 3 is 2.10 bits per heavy atom. The van der Waals surface area contributed by atoms with Crippen molar-refractivity contribution in [3.8, 4) is 0 Å². The number of rotatable bonds is 6. The topological polar surface area (TPSA) is 15.3 Å². The van der Waals surface area contributed by atoms with Gasteiger partial charge in [0.05, 0.1) is 0 Å². The number of hydrogen-bond donors (Lipinski definition) is 1. The molecule has 0 heterocycles. The van der Waals surface area contributed by atoms with Crippen LogP contribution in [0.15, 0.2) is 48.5 Å². The number of anilines is 2. The molecule has 0 radical (unpaired) electrons. The van der Waals surface area contributed by atoms with Crippen molar-refractivity contribution < 1.29 is 0 Å². The third-order valence-electron chi connectivity index (χ3n) is 3.79. The Hall–Kier alpha value is -1.96. The molecule has 1 atom stereocenters. The third kappa shape index (κ3) is 4.25. The maximum Gasteiger partial charge on any atom is 0.0485 e. The lowest BCUT2D eigenvalue weighted by atomic mass is 10.1. The first-order valence-electron chi connectivity index (χ1n) is 7.73. The average Bonchev–Trinajstić information content (AvgIpc) is 2.49. The molecule has 2 aromatic rings. The number of nitrogens with zero attached hydrogens (tertiary/aromatic N) is 1. The van der Waals surface area contributed by atoms with Crippen LogP contribution in [0.1, 0.15) is 37.4 Å². The lowest BCUT2D eigenvalue weighted by Gasteiger charge is -2.18. The summed E-state index contributed by atoms with van der Waals surface area (Å²) in [5.41, 5.74) is 5.12. The molecule has 0 bridgehead atoms. The Kier molecular flexibility index (Phi) is 5.26. The summed E-state index contributed by atoms with van der Waals surface area (Å²) in [4.78, 5) is 2.12. The molecule has 2 heteroatoms. The van der Waals surface area contributed by atoms with Gasteiger partial charge in [-0.3, -0.25) is 0 Å². The van der Waals surface area contributed by atoms with E-state index in [1.807, 2.05) is 0 Å². The predicted molar refractivity (Wildman–Crippen MR) is 93.2 cm³/mol. The number of benzene rings is 2. The number of hydrogen-bond acceptors (Lipinski definition) is 2. The van der Waals surface area contributed by atoms with E-state index in [-0.39, 0.29) is 0 Å². The molecule has 112 valence electrons. The van der Waals surface area contributed by atoms with E-state index >= 15 is 0 Å². The van der Waals surface area contributed by atoms with Crippen LogP contribution in [0.3, 0.4) is 0 Å². The molecule has 0 saturated heterocycles. The molecule has 0 amide bonds. The minimum atomic E-state index is 0.304. The van der Waals surface area contributed by atoms with E-state index in [2.05, 4.69) is 86.7 Å². The minimum Gasteiger partial charge on any atom is -0.379 e. The van der Waals surface area contributed by atoms with E-state index in [4.69, 9.17) is 0 Å². The van der Waals surface area contributed by atoms with E-state index in [1.54, 1.807) is 0 Å². The standard InChI is InChI=1S/C19H26N2/c1-5-6-16-7-11-18(12-8-16)20-15(2)17-9-13-19(14-10-17)21(3)4/h7-15,20H,5-6H2,1-4H3. The van der Waals surface area contributed by atoms with Crippen molar-refractivity contribution in [2.45, 2.75) is 32.7 Å². The first kappa shape index (κ1) is 15.4. The molecule has 0 saturated carbocycles. The monoisotopic (exact) mass is 282 g/mol. The predicted octanol–water partition coefficient (Wildman–Crippen LogP) is 4.88. The maximum atomic E-state index is 3.56. The Morgan fingerprint density at radius 2 is 1.57 bits per heavy atom. The van der Waals surface area contributed by atoms with Crippen molar-refractivity contribution in [2.24, 2.45) is 0 Å². The molecule has 0 aliphatic heterocycles. The fraction of sp³-hybridized carbons (Fsp3) is 0.368. The zero-order valence-electron chi connectivity index (χ0n) is 13.6. The van der Waals surface area contributed by atoms with Gasteiger partial charge in [-0.05, 0) is 48.7 Å². The summed E-state index contributed by atoms with van der Waals surface area (Å²) in [7, 11) is 4.13. The van der Waals surface area contributed by atoms with Crippen molar-refractivity contribution in [1.82, 2.24) is 0 Å². The van der Waals surface area contributed by atoms with Gasteiger partial charge in [-0.1, -0.05) is 37.6 Å². The van der Waals surface area contributed by atoms with Crippen molar-refractivity contribution in [1.29, 1.82) is 0 Å². The molecule has 2 aromatic carbocycles. The molecule has 0 fully saturated rings. The lowest BCUT2D eigenvalue weighted by molar-refractivity contribution is 0.882. The summed E-state index contributed by atoms with van der Waals surface area (Å²) < 4.78 is 0. The van der Waals surface area contributed by atoms with Gasteiger partial charge in [-0.25, -0.2) is 0 Å². The highest BCUT2D eigenvalue weighted by molar-refractivity contribution is 5.50. The van der Waals surface area contributed by atoms with Crippen LogP contribution in [0, 0.1) is 0 Å². The smallest absolute Gasteiger partial charge is 0.0485 e. The van der Waals surface area contributed by atoms with Crippen LogP contribution in [-0.2, 0) is 6.42 Å². The fourth-order valence-electron chi connectivity index (χ4n) is 2.45. The maximum absolute atomic E-state index is 3.56. The van der Waals surface area contributed by atoms with E-state index in [0.29, 0.717) is 6.04 Å². The van der Waals surface area contributed by atoms with Gasteiger partial charge in [-0.2, -0.15) is 0 Å². The van der Waals surface area contributed by atoms with E-state index in [9.17, 15) is 0 Å². The van der Waals surface area contributed by atoms with E-state index < -0.39 is 0 Å². The molecule has 0 aliphatic rings. The summed E-state index contributed by atoms with van der Waals surface area (Å²) >= 11 is 0. The Balaban J connectivity index is 2.01. The molecular formula is C19H26N2. The van der Waals surface area contributed by atoms with Gasteiger partial charge in [0.1, 0.15) is 0 Å². The van der Waals surface area contributed by atoms with E-state index in [1.165, 1.54) is 28.9 Å². The van der Waals surface area contributed by atoms with Crippen LogP contribution in [0.25, 0.3) is 0 Å². The van der Waals surface area contributed by atoms with Crippen LogP contribution >= 0.6 is 0 Å². The summed E-state index contributed by atoms with van der Waals surface area (Å²) in [6, 6.07) is 17.8. The van der Waals surface area contributed by atoms with E-state index in [0.717, 1.165) is 6.42 Å². The highest BCUT2D eigenvalue weighted by atomic mass is 15.1. The van der Waals surface area contributed by atoms with Gasteiger partial charge < -0.3 is 10.2 Å². The summed E-state index contributed by atoms with van der Waals surface area (Å²) in [6.07, 6.45) is 2.35. The molecule has 1 unspecified atom stereocenters. The second kappa shape index (κ2) is 7.16. The van der Waals surface area contributed by atoms with Crippen molar-refractivity contribution in [2.75, 3.05) is 24.3 Å². The van der Waals surface area contributed by atoms with Crippen molar-refractivity contribution >= 4 is 11.4 Å². The van der Waals surface area contributed by atoms with Crippen LogP contribution < -0.4 is 10.2 Å². The quantitative estimate of drug-likeness (QED) is 0.812. The molecular weight excluding hydrogens is 256 g/mol. The van der Waals surface area contributed by atoms with Gasteiger partial charge in [-0.15, -0.1) is 0 Å². The Labute approximate surface area is 128 Å². The van der Waals surface area contributed by atoms with Gasteiger partial charge in [0.15, 0.2) is 0 Å². The molecule has 2 rings (SSSR count). The average molecular weight is 282 g/mol. The zero-order valence-corrected chi connectivity index (χ0v) is 13.6. The van der Waals surface area contributed by atoms with Crippen LogP contribution in [0.5, 0.6) is 0 Å². The minimum absolute atomic E-state index is 0.304. The van der Waals surface area contributed by atoms with Crippen molar-refractivity contribution in [3.05, 3.63) is 59.7 Å². The fourth-order valence-corrected chi connectivity index (χ4v) is 2.45. The normalized spacial score (nSPS) is 12.0. The second-order valence-corrected chi connectivity index (χ2v) is 5.80. The molecule has 21 heavy (non-hydrogen) atoms. The zero-order chi connectivity index (χ0) is 15.2. The number of aryl methyl sites for hydroxylation is 1. The highest BCUT2D eigenvalue weighted by Gasteiger charge is 2.06. The summed E-state index contributed by atoms with van der Waals surface area (Å²) in [5, 5.41) is 3.56. The SMILES string of the molecule is CCCc1ccc(NC(C)c2ccc(N(C)C)cc2)cc1. The first-order chi connectivity index (χ1) is 10.1. The van der Waals surface area contributed by atoms with Crippen LogP contribution in [-0.4, -0.2) is 14.1 Å². The number of nitrogens with one attached hydrogen (secondary N) is 1. The molecule has 0 spiro atoms.